The van der Waals surface area contributed by atoms with Crippen LogP contribution in [0.15, 0.2) is 60.7 Å². The van der Waals surface area contributed by atoms with Gasteiger partial charge in [-0.15, -0.1) is 0 Å². The van der Waals surface area contributed by atoms with E-state index in [1.165, 1.54) is 10.0 Å². The summed E-state index contributed by atoms with van der Waals surface area (Å²) in [5, 5.41) is 1.13. The Hall–Kier alpha value is -1.50. The third kappa shape index (κ3) is 4.06. The van der Waals surface area contributed by atoms with E-state index in [0.29, 0.717) is 15.0 Å². The summed E-state index contributed by atoms with van der Waals surface area (Å²) in [6.45, 7) is 0. The zero-order valence-corrected chi connectivity index (χ0v) is 12.1. The first kappa shape index (κ1) is 12.9. The van der Waals surface area contributed by atoms with Gasteiger partial charge in [-0.05, 0) is 0 Å². The molecule has 0 N–H and O–H groups in total. The molecular weight excluding hydrogens is 287 g/mol. The van der Waals surface area contributed by atoms with Crippen molar-refractivity contribution >= 4 is 25.5 Å². The molecule has 2 aromatic rings. The average Bonchev–Trinajstić information content (AvgIpc) is 2.45. The van der Waals surface area contributed by atoms with Gasteiger partial charge in [0.15, 0.2) is 0 Å². The molecule has 0 bridgehead atoms. The SMILES string of the molecule is COc1ccc(/C=C/C[Se]c2ccccc2)cc1. The molecule has 92 valence electrons. The van der Waals surface area contributed by atoms with E-state index >= 15 is 0 Å². The van der Waals surface area contributed by atoms with Crippen molar-refractivity contribution in [2.45, 2.75) is 5.32 Å². The topological polar surface area (TPSA) is 9.23 Å². The van der Waals surface area contributed by atoms with Crippen molar-refractivity contribution in [3.63, 3.8) is 0 Å². The summed E-state index contributed by atoms with van der Waals surface area (Å²) >= 11 is 0.532. The summed E-state index contributed by atoms with van der Waals surface area (Å²) in [4.78, 5) is 0. The van der Waals surface area contributed by atoms with Crippen LogP contribution in [0.3, 0.4) is 0 Å². The molecule has 0 heterocycles. The zero-order chi connectivity index (χ0) is 12.6. The second-order valence-corrected chi connectivity index (χ2v) is 6.09. The van der Waals surface area contributed by atoms with Crippen molar-refractivity contribution < 1.29 is 4.74 Å². The molecule has 0 atom stereocenters. The molecule has 18 heavy (non-hydrogen) atoms. The van der Waals surface area contributed by atoms with Crippen LogP contribution in [-0.4, -0.2) is 22.1 Å². The first-order valence-corrected chi connectivity index (χ1v) is 7.94. The molecule has 0 saturated carbocycles. The molecule has 0 unspecified atom stereocenters. The quantitative estimate of drug-likeness (QED) is 0.771. The number of hydrogen-bond acceptors (Lipinski definition) is 1. The third-order valence-corrected chi connectivity index (χ3v) is 4.54. The monoisotopic (exact) mass is 304 g/mol. The molecule has 0 amide bonds. The minimum absolute atomic E-state index is 0.532. The van der Waals surface area contributed by atoms with Gasteiger partial charge in [0, 0.05) is 0 Å². The molecule has 0 aromatic heterocycles. The number of benzene rings is 2. The Labute approximate surface area is 115 Å². The summed E-state index contributed by atoms with van der Waals surface area (Å²) < 4.78 is 6.58. The van der Waals surface area contributed by atoms with E-state index in [1.54, 1.807) is 7.11 Å². The Kier molecular flexibility index (Phi) is 5.07. The summed E-state index contributed by atoms with van der Waals surface area (Å²) in [5.74, 6) is 0.903. The molecule has 2 heteroatoms. The van der Waals surface area contributed by atoms with E-state index in [0.717, 1.165) is 11.1 Å². The van der Waals surface area contributed by atoms with E-state index in [1.807, 2.05) is 12.1 Å². The molecule has 0 spiro atoms. The molecule has 0 aliphatic carbocycles. The van der Waals surface area contributed by atoms with Crippen LogP contribution >= 0.6 is 0 Å². The molecule has 0 fully saturated rings. The first-order valence-electron chi connectivity index (χ1n) is 5.87. The van der Waals surface area contributed by atoms with E-state index in [4.69, 9.17) is 4.74 Å². The number of ether oxygens (including phenoxy) is 1. The van der Waals surface area contributed by atoms with Crippen LogP contribution in [-0.2, 0) is 0 Å². The normalized spacial score (nSPS) is 10.7. The predicted molar refractivity (Wildman–Crippen MR) is 78.7 cm³/mol. The standard InChI is InChI=1S/C16H16OSe/c1-17-15-11-9-14(10-12-15)6-5-13-18-16-7-3-2-4-8-16/h2-12H,13H2,1H3/b6-5+. The van der Waals surface area contributed by atoms with Gasteiger partial charge >= 0.3 is 115 Å². The maximum absolute atomic E-state index is 5.13. The van der Waals surface area contributed by atoms with Gasteiger partial charge in [-0.1, -0.05) is 0 Å². The minimum atomic E-state index is 0.532. The van der Waals surface area contributed by atoms with Crippen molar-refractivity contribution in [1.29, 1.82) is 0 Å². The van der Waals surface area contributed by atoms with E-state index < -0.39 is 0 Å². The summed E-state index contributed by atoms with van der Waals surface area (Å²) in [5.41, 5.74) is 1.22. The van der Waals surface area contributed by atoms with Gasteiger partial charge in [0.1, 0.15) is 0 Å². The molecule has 0 saturated heterocycles. The molecule has 0 radical (unpaired) electrons. The number of methoxy groups -OCH3 is 1. The Balaban J connectivity index is 1.84. The van der Waals surface area contributed by atoms with Crippen LogP contribution in [0, 0.1) is 0 Å². The van der Waals surface area contributed by atoms with Crippen molar-refractivity contribution in [2.24, 2.45) is 0 Å². The fraction of sp³-hybridized carbons (Fsp3) is 0.125. The van der Waals surface area contributed by atoms with Crippen molar-refractivity contribution in [2.75, 3.05) is 7.11 Å². The van der Waals surface area contributed by atoms with Crippen molar-refractivity contribution in [1.82, 2.24) is 0 Å². The Morgan fingerprint density at radius 3 is 2.39 bits per heavy atom. The van der Waals surface area contributed by atoms with E-state index in [-0.39, 0.29) is 0 Å². The molecule has 0 aliphatic heterocycles. The van der Waals surface area contributed by atoms with Crippen LogP contribution in [0.2, 0.25) is 5.32 Å². The maximum atomic E-state index is 5.13. The fourth-order valence-electron chi connectivity index (χ4n) is 1.56. The number of rotatable bonds is 5. The van der Waals surface area contributed by atoms with Crippen LogP contribution in [0.4, 0.5) is 0 Å². The molecular formula is C16H16OSe. The second-order valence-electron chi connectivity index (χ2n) is 3.80. The van der Waals surface area contributed by atoms with Crippen LogP contribution in [0.5, 0.6) is 5.75 Å². The van der Waals surface area contributed by atoms with E-state index in [9.17, 15) is 0 Å². The van der Waals surface area contributed by atoms with Crippen molar-refractivity contribution in [3.8, 4) is 5.75 Å². The summed E-state index contributed by atoms with van der Waals surface area (Å²) in [6, 6.07) is 18.8. The van der Waals surface area contributed by atoms with Gasteiger partial charge in [0.25, 0.3) is 0 Å². The summed E-state index contributed by atoms with van der Waals surface area (Å²) in [7, 11) is 1.69. The van der Waals surface area contributed by atoms with Crippen LogP contribution < -0.4 is 9.20 Å². The predicted octanol–water partition coefficient (Wildman–Crippen LogP) is 3.16. The van der Waals surface area contributed by atoms with E-state index in [2.05, 4.69) is 54.6 Å². The Morgan fingerprint density at radius 2 is 1.72 bits per heavy atom. The van der Waals surface area contributed by atoms with Gasteiger partial charge in [-0.25, -0.2) is 0 Å². The number of allylic oxidation sites excluding steroid dienone is 1. The van der Waals surface area contributed by atoms with Gasteiger partial charge in [0.2, 0.25) is 0 Å². The second kappa shape index (κ2) is 7.05. The van der Waals surface area contributed by atoms with Crippen LogP contribution in [0.25, 0.3) is 6.08 Å². The zero-order valence-electron chi connectivity index (χ0n) is 10.4. The van der Waals surface area contributed by atoms with Gasteiger partial charge in [-0.3, -0.25) is 0 Å². The Morgan fingerprint density at radius 1 is 1.00 bits per heavy atom. The molecule has 0 aliphatic rings. The van der Waals surface area contributed by atoms with Gasteiger partial charge < -0.3 is 0 Å². The first-order chi connectivity index (χ1) is 8.88. The molecule has 1 nitrogen and oxygen atoms in total. The van der Waals surface area contributed by atoms with Gasteiger partial charge in [0.05, 0.1) is 0 Å². The average molecular weight is 303 g/mol. The third-order valence-electron chi connectivity index (χ3n) is 2.52. The fourth-order valence-corrected chi connectivity index (χ4v) is 3.10. The van der Waals surface area contributed by atoms with Crippen LogP contribution in [0.1, 0.15) is 5.56 Å². The molecule has 2 aromatic carbocycles. The molecule has 2 rings (SSSR count). The van der Waals surface area contributed by atoms with Crippen molar-refractivity contribution in [3.05, 3.63) is 66.2 Å². The summed E-state index contributed by atoms with van der Waals surface area (Å²) in [6.07, 6.45) is 4.42. The van der Waals surface area contributed by atoms with Gasteiger partial charge in [-0.2, -0.15) is 0 Å². The number of hydrogen-bond donors (Lipinski definition) is 0. The Bertz CT molecular complexity index is 488.